The highest BCUT2D eigenvalue weighted by Crippen LogP contribution is 2.15. The number of nitrogens with zero attached hydrogens (tertiary/aromatic N) is 2. The molecular formula is C11H20N2O3. The largest absolute Gasteiger partial charge is 0.481 e. The Kier molecular flexibility index (Phi) is 4.29. The van der Waals surface area contributed by atoms with E-state index in [4.69, 9.17) is 5.11 Å². The van der Waals surface area contributed by atoms with Gasteiger partial charge in [-0.1, -0.05) is 0 Å². The SMILES string of the molecule is CC(C(=O)O)C(=O)N(C)C1CCCN(C)C1. The number of carboxylic acid groups (broad SMARTS) is 1. The lowest BCUT2D eigenvalue weighted by atomic mass is 10.0. The van der Waals surface area contributed by atoms with E-state index in [-0.39, 0.29) is 11.9 Å². The van der Waals surface area contributed by atoms with Gasteiger partial charge in [0, 0.05) is 19.6 Å². The minimum atomic E-state index is -1.05. The number of likely N-dealkylation sites (N-methyl/N-ethyl adjacent to an activating group) is 2. The molecule has 92 valence electrons. The summed E-state index contributed by atoms with van der Waals surface area (Å²) in [6.07, 6.45) is 2.01. The molecule has 0 bridgehead atoms. The number of carbonyl (C=O) groups excluding carboxylic acids is 1. The number of amides is 1. The Morgan fingerprint density at radius 3 is 2.62 bits per heavy atom. The molecule has 0 saturated carbocycles. The quantitative estimate of drug-likeness (QED) is 0.704. The van der Waals surface area contributed by atoms with Crippen molar-refractivity contribution in [1.29, 1.82) is 0 Å². The van der Waals surface area contributed by atoms with E-state index in [2.05, 4.69) is 4.90 Å². The zero-order valence-corrected chi connectivity index (χ0v) is 10.1. The van der Waals surface area contributed by atoms with Gasteiger partial charge in [0.2, 0.25) is 5.91 Å². The lowest BCUT2D eigenvalue weighted by Gasteiger charge is -2.36. The summed E-state index contributed by atoms with van der Waals surface area (Å²) in [5.41, 5.74) is 0. The summed E-state index contributed by atoms with van der Waals surface area (Å²) in [6, 6.07) is 0.146. The molecule has 0 spiro atoms. The second kappa shape index (κ2) is 5.30. The maximum Gasteiger partial charge on any atom is 0.315 e. The van der Waals surface area contributed by atoms with Crippen LogP contribution in [0.4, 0.5) is 0 Å². The average molecular weight is 228 g/mol. The van der Waals surface area contributed by atoms with Crippen LogP contribution in [0.3, 0.4) is 0 Å². The summed E-state index contributed by atoms with van der Waals surface area (Å²) in [6.45, 7) is 3.31. The third kappa shape index (κ3) is 2.95. The Morgan fingerprint density at radius 2 is 2.12 bits per heavy atom. The molecule has 5 nitrogen and oxygen atoms in total. The predicted octanol–water partition coefficient (Wildman–Crippen LogP) is 0.260. The van der Waals surface area contributed by atoms with E-state index in [1.165, 1.54) is 6.92 Å². The van der Waals surface area contributed by atoms with Gasteiger partial charge in [0.1, 0.15) is 5.92 Å². The molecule has 1 N–H and O–H groups in total. The standard InChI is InChI=1S/C11H20N2O3/c1-8(11(15)16)10(14)13(3)9-5-4-6-12(2)7-9/h8-9H,4-7H2,1-3H3,(H,15,16). The van der Waals surface area contributed by atoms with Gasteiger partial charge in [-0.05, 0) is 33.4 Å². The molecule has 1 aliphatic heterocycles. The Hall–Kier alpha value is -1.10. The van der Waals surface area contributed by atoms with Crippen LogP contribution in [0.2, 0.25) is 0 Å². The van der Waals surface area contributed by atoms with E-state index in [1.807, 2.05) is 7.05 Å². The van der Waals surface area contributed by atoms with E-state index in [0.29, 0.717) is 0 Å². The van der Waals surface area contributed by atoms with Crippen LogP contribution in [0.5, 0.6) is 0 Å². The summed E-state index contributed by atoms with van der Waals surface area (Å²) in [4.78, 5) is 26.3. The van der Waals surface area contributed by atoms with Crippen molar-refractivity contribution in [3.63, 3.8) is 0 Å². The number of piperidine rings is 1. The highest BCUT2D eigenvalue weighted by atomic mass is 16.4. The molecular weight excluding hydrogens is 208 g/mol. The van der Waals surface area contributed by atoms with Crippen LogP contribution in [-0.2, 0) is 9.59 Å². The van der Waals surface area contributed by atoms with Gasteiger partial charge in [-0.3, -0.25) is 9.59 Å². The molecule has 2 unspecified atom stereocenters. The highest BCUT2D eigenvalue weighted by Gasteiger charge is 2.30. The van der Waals surface area contributed by atoms with Gasteiger partial charge in [-0.25, -0.2) is 0 Å². The van der Waals surface area contributed by atoms with Gasteiger partial charge in [0.15, 0.2) is 0 Å². The van der Waals surface area contributed by atoms with Gasteiger partial charge in [-0.15, -0.1) is 0 Å². The lowest BCUT2D eigenvalue weighted by Crippen LogP contribution is -2.49. The molecule has 1 heterocycles. The first-order valence-corrected chi connectivity index (χ1v) is 5.61. The topological polar surface area (TPSA) is 60.9 Å². The molecule has 0 radical (unpaired) electrons. The van der Waals surface area contributed by atoms with Crippen molar-refractivity contribution in [2.24, 2.45) is 5.92 Å². The molecule has 1 amide bonds. The van der Waals surface area contributed by atoms with Gasteiger partial charge in [0.25, 0.3) is 0 Å². The maximum absolute atomic E-state index is 11.8. The molecule has 1 aliphatic rings. The van der Waals surface area contributed by atoms with Crippen LogP contribution in [0.15, 0.2) is 0 Å². The molecule has 1 saturated heterocycles. The van der Waals surface area contributed by atoms with Crippen molar-refractivity contribution < 1.29 is 14.7 Å². The Bertz CT molecular complexity index is 280. The number of hydrogen-bond donors (Lipinski definition) is 1. The van der Waals surface area contributed by atoms with Gasteiger partial charge in [0.05, 0.1) is 0 Å². The minimum absolute atomic E-state index is 0.146. The molecule has 5 heteroatoms. The lowest BCUT2D eigenvalue weighted by molar-refractivity contribution is -0.151. The monoisotopic (exact) mass is 228 g/mol. The van der Waals surface area contributed by atoms with Crippen LogP contribution in [0.1, 0.15) is 19.8 Å². The Labute approximate surface area is 96.0 Å². The molecule has 2 atom stereocenters. The van der Waals surface area contributed by atoms with Crippen LogP contribution in [0, 0.1) is 5.92 Å². The Balaban J connectivity index is 2.59. The van der Waals surface area contributed by atoms with Crippen LogP contribution < -0.4 is 0 Å². The van der Waals surface area contributed by atoms with E-state index in [1.54, 1.807) is 11.9 Å². The first kappa shape index (κ1) is 13.0. The van der Waals surface area contributed by atoms with E-state index < -0.39 is 11.9 Å². The molecule has 0 aromatic rings. The summed E-state index contributed by atoms with van der Waals surface area (Å²) >= 11 is 0. The average Bonchev–Trinajstić information content (AvgIpc) is 2.26. The number of aliphatic carboxylic acids is 1. The summed E-state index contributed by atoms with van der Waals surface area (Å²) < 4.78 is 0. The van der Waals surface area contributed by atoms with Crippen LogP contribution in [0.25, 0.3) is 0 Å². The minimum Gasteiger partial charge on any atom is -0.481 e. The molecule has 16 heavy (non-hydrogen) atoms. The predicted molar refractivity (Wildman–Crippen MR) is 60.1 cm³/mol. The molecule has 0 aromatic heterocycles. The summed E-state index contributed by atoms with van der Waals surface area (Å²) in [5.74, 6) is -2.30. The highest BCUT2D eigenvalue weighted by molar-refractivity contribution is 5.96. The van der Waals surface area contributed by atoms with Gasteiger partial charge >= 0.3 is 5.97 Å². The number of likely N-dealkylation sites (tertiary alicyclic amines) is 1. The Morgan fingerprint density at radius 1 is 1.50 bits per heavy atom. The van der Waals surface area contributed by atoms with Crippen molar-refractivity contribution in [2.45, 2.75) is 25.8 Å². The van der Waals surface area contributed by atoms with Crippen LogP contribution in [-0.4, -0.2) is 60.0 Å². The van der Waals surface area contributed by atoms with E-state index >= 15 is 0 Å². The van der Waals surface area contributed by atoms with Crippen LogP contribution >= 0.6 is 0 Å². The fourth-order valence-corrected chi connectivity index (χ4v) is 2.05. The third-order valence-electron chi connectivity index (χ3n) is 3.24. The fourth-order valence-electron chi connectivity index (χ4n) is 2.05. The fraction of sp³-hybridized carbons (Fsp3) is 0.818. The number of hydrogen-bond acceptors (Lipinski definition) is 3. The van der Waals surface area contributed by atoms with Crippen molar-refractivity contribution in [1.82, 2.24) is 9.80 Å². The van der Waals surface area contributed by atoms with Crippen molar-refractivity contribution in [3.05, 3.63) is 0 Å². The smallest absolute Gasteiger partial charge is 0.315 e. The second-order valence-corrected chi connectivity index (χ2v) is 4.57. The second-order valence-electron chi connectivity index (χ2n) is 4.57. The molecule has 1 fully saturated rings. The first-order chi connectivity index (χ1) is 7.43. The van der Waals surface area contributed by atoms with Gasteiger partial charge in [-0.2, -0.15) is 0 Å². The number of carboxylic acids is 1. The van der Waals surface area contributed by atoms with E-state index in [0.717, 1.165) is 25.9 Å². The number of rotatable bonds is 3. The molecule has 0 aliphatic carbocycles. The molecule has 0 aromatic carbocycles. The zero-order valence-electron chi connectivity index (χ0n) is 10.1. The third-order valence-corrected chi connectivity index (χ3v) is 3.24. The van der Waals surface area contributed by atoms with Crippen molar-refractivity contribution in [2.75, 3.05) is 27.2 Å². The normalized spacial score (nSPS) is 23.8. The molecule has 1 rings (SSSR count). The summed E-state index contributed by atoms with van der Waals surface area (Å²) in [7, 11) is 3.72. The van der Waals surface area contributed by atoms with Crippen molar-refractivity contribution >= 4 is 11.9 Å². The van der Waals surface area contributed by atoms with Gasteiger partial charge < -0.3 is 14.9 Å². The first-order valence-electron chi connectivity index (χ1n) is 5.61. The number of carbonyl (C=O) groups is 2. The maximum atomic E-state index is 11.8. The summed E-state index contributed by atoms with van der Waals surface area (Å²) in [5, 5.41) is 8.79. The zero-order chi connectivity index (χ0) is 12.3. The van der Waals surface area contributed by atoms with Crippen molar-refractivity contribution in [3.8, 4) is 0 Å². The van der Waals surface area contributed by atoms with E-state index in [9.17, 15) is 9.59 Å².